The van der Waals surface area contributed by atoms with Crippen LogP contribution < -0.4 is 15.0 Å². The van der Waals surface area contributed by atoms with E-state index >= 15 is 0 Å². The van der Waals surface area contributed by atoms with E-state index in [1.807, 2.05) is 30.3 Å². The number of thiocarbonyl (C=S) groups is 1. The highest BCUT2D eigenvalue weighted by molar-refractivity contribution is 7.80. The van der Waals surface area contributed by atoms with Crippen LogP contribution in [0, 0.1) is 0 Å². The van der Waals surface area contributed by atoms with Crippen LogP contribution in [0.15, 0.2) is 54.9 Å². The number of aromatic nitrogens is 3. The molecule has 1 amide bonds. The maximum atomic E-state index is 12.8. The van der Waals surface area contributed by atoms with E-state index in [2.05, 4.69) is 15.4 Å². The van der Waals surface area contributed by atoms with Crippen LogP contribution in [0.5, 0.6) is 5.75 Å². The molecule has 0 fully saturated rings. The molecule has 1 atom stereocenters. The highest BCUT2D eigenvalue weighted by Crippen LogP contribution is 2.32. The van der Waals surface area contributed by atoms with Crippen molar-refractivity contribution in [3.63, 3.8) is 0 Å². The number of ether oxygens (including phenoxy) is 2. The predicted octanol–water partition coefficient (Wildman–Crippen LogP) is 2.07. The first-order valence-electron chi connectivity index (χ1n) is 9.83. The molecule has 0 saturated heterocycles. The second-order valence-corrected chi connectivity index (χ2v) is 7.58. The van der Waals surface area contributed by atoms with Crippen LogP contribution in [0.4, 0.5) is 5.69 Å². The Balaban J connectivity index is 1.46. The van der Waals surface area contributed by atoms with Gasteiger partial charge in [0.1, 0.15) is 29.7 Å². The van der Waals surface area contributed by atoms with Gasteiger partial charge in [-0.15, -0.1) is 5.10 Å². The zero-order valence-corrected chi connectivity index (χ0v) is 18.3. The third-order valence-corrected chi connectivity index (χ3v) is 5.57. The molecular weight excluding hydrogens is 430 g/mol. The number of nitrogens with zero attached hydrogens (tertiary/aromatic N) is 4. The molecule has 1 aliphatic rings. The van der Waals surface area contributed by atoms with Crippen LogP contribution in [0.1, 0.15) is 26.5 Å². The molecule has 10 heteroatoms. The van der Waals surface area contributed by atoms with Gasteiger partial charge >= 0.3 is 5.97 Å². The Labute approximate surface area is 190 Å². The van der Waals surface area contributed by atoms with Crippen molar-refractivity contribution in [3.8, 4) is 5.75 Å². The van der Waals surface area contributed by atoms with E-state index in [1.165, 1.54) is 13.4 Å². The molecule has 2 heterocycles. The number of anilines is 1. The number of fused-ring (bicyclic) bond motifs is 1. The van der Waals surface area contributed by atoms with Crippen molar-refractivity contribution in [1.82, 2.24) is 20.1 Å². The second kappa shape index (κ2) is 9.15. The van der Waals surface area contributed by atoms with Gasteiger partial charge in [-0.3, -0.25) is 4.79 Å². The Kier molecular flexibility index (Phi) is 6.13. The van der Waals surface area contributed by atoms with E-state index in [0.29, 0.717) is 28.5 Å². The topological polar surface area (TPSA) is 98.6 Å². The Morgan fingerprint density at radius 3 is 2.78 bits per heavy atom. The fraction of sp³-hybridized carbons (Fsp3) is 0.227. The first kappa shape index (κ1) is 21.4. The lowest BCUT2D eigenvalue weighted by atomic mass is 10.1. The summed E-state index contributed by atoms with van der Waals surface area (Å²) < 4.78 is 12.2. The zero-order valence-electron chi connectivity index (χ0n) is 17.5. The molecule has 1 N–H and O–H groups in total. The van der Waals surface area contributed by atoms with Crippen molar-refractivity contribution in [2.45, 2.75) is 12.6 Å². The molecule has 164 valence electrons. The van der Waals surface area contributed by atoms with Crippen molar-refractivity contribution >= 4 is 34.8 Å². The summed E-state index contributed by atoms with van der Waals surface area (Å²) in [5.41, 5.74) is 2.04. The van der Waals surface area contributed by atoms with Gasteiger partial charge in [-0.25, -0.2) is 14.5 Å². The summed E-state index contributed by atoms with van der Waals surface area (Å²) >= 11 is 5.58. The Hall–Kier alpha value is -3.79. The summed E-state index contributed by atoms with van der Waals surface area (Å²) in [4.78, 5) is 30.9. The second-order valence-electron chi connectivity index (χ2n) is 7.16. The summed E-state index contributed by atoms with van der Waals surface area (Å²) in [6.45, 7) is 0.636. The summed E-state index contributed by atoms with van der Waals surface area (Å²) in [5, 5.41) is 7.10. The van der Waals surface area contributed by atoms with Crippen LogP contribution in [0.2, 0.25) is 0 Å². The fourth-order valence-electron chi connectivity index (χ4n) is 3.31. The van der Waals surface area contributed by atoms with E-state index < -0.39 is 17.9 Å². The molecule has 3 aromatic rings. The van der Waals surface area contributed by atoms with Gasteiger partial charge in [-0.2, -0.15) is 0 Å². The summed E-state index contributed by atoms with van der Waals surface area (Å²) in [6.07, 6.45) is 1.51. The lowest BCUT2D eigenvalue weighted by Gasteiger charge is -2.23. The monoisotopic (exact) mass is 451 g/mol. The van der Waals surface area contributed by atoms with Crippen molar-refractivity contribution < 1.29 is 19.1 Å². The van der Waals surface area contributed by atoms with E-state index in [0.717, 1.165) is 5.56 Å². The van der Waals surface area contributed by atoms with Crippen molar-refractivity contribution in [3.05, 3.63) is 71.8 Å². The number of likely N-dealkylation sites (N-methyl/N-ethyl adjacent to an activating group) is 1. The van der Waals surface area contributed by atoms with E-state index in [9.17, 15) is 9.59 Å². The molecule has 0 bridgehead atoms. The summed E-state index contributed by atoms with van der Waals surface area (Å²) in [6, 6.07) is 14.1. The average Bonchev–Trinajstić information content (AvgIpc) is 3.25. The van der Waals surface area contributed by atoms with Crippen molar-refractivity contribution in [2.24, 2.45) is 0 Å². The maximum Gasteiger partial charge on any atom is 0.337 e. The van der Waals surface area contributed by atoms with E-state index in [-0.39, 0.29) is 12.4 Å². The molecule has 1 aromatic heterocycles. The predicted molar refractivity (Wildman–Crippen MR) is 121 cm³/mol. The number of hydrogen-bond acceptors (Lipinski definition) is 7. The minimum atomic E-state index is -0.586. The number of methoxy groups -OCH3 is 1. The van der Waals surface area contributed by atoms with Gasteiger partial charge in [0, 0.05) is 7.05 Å². The number of esters is 1. The number of rotatable bonds is 5. The summed E-state index contributed by atoms with van der Waals surface area (Å²) in [7, 11) is 3.07. The van der Waals surface area contributed by atoms with Gasteiger partial charge in [0.25, 0.3) is 5.91 Å². The van der Waals surface area contributed by atoms with Crippen LogP contribution in [0.3, 0.4) is 0 Å². The van der Waals surface area contributed by atoms with Crippen LogP contribution in [0.25, 0.3) is 0 Å². The highest BCUT2D eigenvalue weighted by Gasteiger charge is 2.29. The molecule has 4 rings (SSSR count). The fourth-order valence-corrected chi connectivity index (χ4v) is 3.54. The Bertz CT molecular complexity index is 1160. The number of nitrogens with one attached hydrogen (secondary N) is 1. The molecule has 0 radical (unpaired) electrons. The minimum Gasteiger partial charge on any atom is -0.489 e. The number of carbonyl (C=O) groups excluding carboxylic acids is 2. The van der Waals surface area contributed by atoms with Gasteiger partial charge in [0.05, 0.1) is 24.9 Å². The van der Waals surface area contributed by atoms with Crippen LogP contribution in [-0.2, 0) is 11.3 Å². The lowest BCUT2D eigenvalue weighted by molar-refractivity contribution is 0.0600. The normalized spacial score (nSPS) is 15.4. The molecule has 2 aromatic carbocycles. The number of benzene rings is 2. The van der Waals surface area contributed by atoms with Gasteiger partial charge in [0.15, 0.2) is 0 Å². The molecule has 9 nitrogen and oxygen atoms in total. The standard InChI is InChI=1S/C22H21N5O4S/c1-26-17-10-15(22(29)30-2)8-9-18(17)31-12-16(21(26)32)24-20(28)19-23-13-27(25-19)11-14-6-4-3-5-7-14/h3-10,13,16H,11-12H2,1-2H3,(H,24,28)/t16-/m0/s1. The van der Waals surface area contributed by atoms with Crippen molar-refractivity contribution in [1.29, 1.82) is 0 Å². The highest BCUT2D eigenvalue weighted by atomic mass is 32.1. The van der Waals surface area contributed by atoms with Gasteiger partial charge in [-0.1, -0.05) is 42.5 Å². The van der Waals surface area contributed by atoms with Gasteiger partial charge in [-0.05, 0) is 23.8 Å². The molecular formula is C22H21N5O4S. The van der Waals surface area contributed by atoms with Gasteiger partial charge in [0.2, 0.25) is 5.82 Å². The average molecular weight is 452 g/mol. The Morgan fingerprint density at radius 1 is 1.25 bits per heavy atom. The first-order valence-corrected chi connectivity index (χ1v) is 10.2. The molecule has 0 unspecified atom stereocenters. The van der Waals surface area contributed by atoms with Crippen LogP contribution in [-0.4, -0.2) is 58.4 Å². The largest absolute Gasteiger partial charge is 0.489 e. The van der Waals surface area contributed by atoms with Crippen molar-refractivity contribution in [2.75, 3.05) is 25.7 Å². The molecule has 0 aliphatic carbocycles. The number of amides is 1. The smallest absolute Gasteiger partial charge is 0.337 e. The summed E-state index contributed by atoms with van der Waals surface area (Å²) in [5.74, 6) is -0.327. The molecule has 32 heavy (non-hydrogen) atoms. The zero-order chi connectivity index (χ0) is 22.7. The number of carbonyl (C=O) groups is 2. The third-order valence-electron chi connectivity index (χ3n) is 5.01. The minimum absolute atomic E-state index is 0.0427. The molecule has 0 spiro atoms. The van der Waals surface area contributed by atoms with E-state index in [1.54, 1.807) is 34.8 Å². The molecule has 0 saturated carbocycles. The lowest BCUT2D eigenvalue weighted by Crippen LogP contribution is -2.48. The maximum absolute atomic E-state index is 12.8. The Morgan fingerprint density at radius 2 is 2.03 bits per heavy atom. The first-order chi connectivity index (χ1) is 15.5. The van der Waals surface area contributed by atoms with Gasteiger partial charge < -0.3 is 19.7 Å². The SMILES string of the molecule is COC(=O)c1ccc2c(c1)N(C)C(=S)[C@@H](NC(=O)c1ncn(Cc3ccccc3)n1)CO2. The number of hydrogen-bond donors (Lipinski definition) is 1. The molecule has 1 aliphatic heterocycles. The van der Waals surface area contributed by atoms with E-state index in [4.69, 9.17) is 21.7 Å². The van der Waals surface area contributed by atoms with Crippen LogP contribution >= 0.6 is 12.2 Å². The quantitative estimate of drug-likeness (QED) is 0.465. The third kappa shape index (κ3) is 4.45.